The molecule has 0 bridgehead atoms. The Labute approximate surface area is 175 Å². The van der Waals surface area contributed by atoms with Gasteiger partial charge in [0.25, 0.3) is 0 Å². The number of hydrogen-bond donors (Lipinski definition) is 0. The summed E-state index contributed by atoms with van der Waals surface area (Å²) < 4.78 is 0. The van der Waals surface area contributed by atoms with Crippen molar-refractivity contribution >= 4 is 31.0 Å². The van der Waals surface area contributed by atoms with Crippen LogP contribution in [0.15, 0.2) is 34.9 Å². The van der Waals surface area contributed by atoms with E-state index >= 15 is 0 Å². The van der Waals surface area contributed by atoms with Gasteiger partial charge in [0.1, 0.15) is 0 Å². The second kappa shape index (κ2) is 18.3. The zero-order chi connectivity index (χ0) is 17.0. The minimum atomic E-state index is 0. The zero-order valence-electron chi connectivity index (χ0n) is 16.2. The molecule has 2 aliphatic rings. The second-order valence-electron chi connectivity index (χ2n) is 5.65. The summed E-state index contributed by atoms with van der Waals surface area (Å²) in [6, 6.07) is 0. The van der Waals surface area contributed by atoms with Gasteiger partial charge in [0, 0.05) is 0 Å². The van der Waals surface area contributed by atoms with Gasteiger partial charge >= 0.3 is 38.5 Å². The third kappa shape index (κ3) is 11.9. The first-order chi connectivity index (χ1) is 10.5. The van der Waals surface area contributed by atoms with Crippen molar-refractivity contribution in [1.82, 2.24) is 0 Å². The monoisotopic (exact) mass is 420 g/mol. The first-order valence-corrected chi connectivity index (χ1v) is 13.4. The molecule has 0 aromatic carbocycles. The van der Waals surface area contributed by atoms with Crippen LogP contribution >= 0.6 is 24.8 Å². The molecule has 2 rings (SSSR count). The minimum Gasteiger partial charge on any atom is -0.273 e. The molecular formula is C20H34Cl2SiTi. The van der Waals surface area contributed by atoms with Gasteiger partial charge in [-0.2, -0.15) is 17.2 Å². The molecule has 24 heavy (non-hydrogen) atoms. The third-order valence-electron chi connectivity index (χ3n) is 3.60. The molecule has 0 saturated carbocycles. The fourth-order valence-corrected chi connectivity index (χ4v) is 2.69. The molecule has 0 nitrogen and oxygen atoms in total. The predicted octanol–water partition coefficient (Wildman–Crippen LogP) is 7.22. The van der Waals surface area contributed by atoms with Gasteiger partial charge in [0.05, 0.1) is 0 Å². The van der Waals surface area contributed by atoms with Crippen LogP contribution < -0.4 is 0 Å². The van der Waals surface area contributed by atoms with E-state index in [0.29, 0.717) is 5.92 Å². The van der Waals surface area contributed by atoms with Crippen molar-refractivity contribution in [2.24, 2.45) is 5.92 Å². The van der Waals surface area contributed by atoms with Crippen LogP contribution in [0.25, 0.3) is 0 Å². The summed E-state index contributed by atoms with van der Waals surface area (Å²) in [4.78, 5) is 0. The first-order valence-electron chi connectivity index (χ1n) is 8.59. The largest absolute Gasteiger partial charge is 0.273 e. The third-order valence-corrected chi connectivity index (χ3v) is 3.60. The summed E-state index contributed by atoms with van der Waals surface area (Å²) in [5, 5.41) is 0. The molecule has 0 heterocycles. The van der Waals surface area contributed by atoms with Gasteiger partial charge in [-0.25, -0.2) is 17.7 Å². The van der Waals surface area contributed by atoms with Crippen molar-refractivity contribution < 1.29 is 19.2 Å². The van der Waals surface area contributed by atoms with Crippen LogP contribution in [0, 0.1) is 18.1 Å². The molecule has 0 radical (unpaired) electrons. The summed E-state index contributed by atoms with van der Waals surface area (Å²) in [6.45, 7) is 13.6. The molecule has 0 aromatic heterocycles. The van der Waals surface area contributed by atoms with E-state index < -0.39 is 0 Å². The molecule has 0 amide bonds. The van der Waals surface area contributed by atoms with Gasteiger partial charge in [-0.1, -0.05) is 59.3 Å². The Morgan fingerprint density at radius 2 is 1.67 bits per heavy atom. The quantitative estimate of drug-likeness (QED) is 0.332. The number of rotatable bonds is 4. The van der Waals surface area contributed by atoms with Gasteiger partial charge < -0.3 is 0 Å². The maximum absolute atomic E-state index is 3.63. The maximum atomic E-state index is 3.63. The van der Waals surface area contributed by atoms with Crippen LogP contribution in [0.5, 0.6) is 0 Å². The fraction of sp³-hybridized carbons (Fsp3) is 0.600. The van der Waals surface area contributed by atoms with Gasteiger partial charge in [-0.15, -0.1) is 31.2 Å². The average molecular weight is 421 g/mol. The van der Waals surface area contributed by atoms with Crippen LogP contribution in [-0.2, 0) is 19.2 Å². The van der Waals surface area contributed by atoms with E-state index in [9.17, 15) is 0 Å². The van der Waals surface area contributed by atoms with E-state index in [4.69, 9.17) is 0 Å². The van der Waals surface area contributed by atoms with Gasteiger partial charge in [0.15, 0.2) is 0 Å². The van der Waals surface area contributed by atoms with Crippen molar-refractivity contribution in [3.8, 4) is 0 Å². The van der Waals surface area contributed by atoms with Gasteiger partial charge in [-0.3, -0.25) is 12.2 Å². The fourth-order valence-electron chi connectivity index (χ4n) is 2.69. The Balaban J connectivity index is -0.000000335. The maximum Gasteiger partial charge on any atom is -0.109 e. The number of hydrogen-bond acceptors (Lipinski definition) is 0. The van der Waals surface area contributed by atoms with Crippen LogP contribution in [0.3, 0.4) is 0 Å². The second-order valence-corrected chi connectivity index (χ2v) is 12.3. The van der Waals surface area contributed by atoms with Crippen molar-refractivity contribution in [3.05, 3.63) is 47.1 Å². The van der Waals surface area contributed by atoms with E-state index in [0.717, 1.165) is 12.8 Å². The predicted molar refractivity (Wildman–Crippen MR) is 112 cm³/mol. The van der Waals surface area contributed by atoms with E-state index in [2.05, 4.69) is 78.2 Å². The van der Waals surface area contributed by atoms with E-state index in [-0.39, 0.29) is 31.0 Å². The van der Waals surface area contributed by atoms with E-state index in [1.165, 1.54) is 24.8 Å². The molecule has 1 unspecified atom stereocenters. The normalized spacial score (nSPS) is 17.0. The first kappa shape index (κ1) is 29.2. The van der Waals surface area contributed by atoms with Crippen molar-refractivity contribution in [2.75, 3.05) is 0 Å². The van der Waals surface area contributed by atoms with Crippen molar-refractivity contribution in [2.45, 2.75) is 72.9 Å². The summed E-state index contributed by atoms with van der Waals surface area (Å²) in [6.07, 6.45) is 18.5. The Bertz CT molecular complexity index is 448. The van der Waals surface area contributed by atoms with Gasteiger partial charge in [-0.05, 0) is 0 Å². The molecular weight excluding hydrogens is 387 g/mol. The zero-order valence-corrected chi connectivity index (χ0v) is 20.4. The molecule has 0 N–H and O–H groups in total. The minimum absolute atomic E-state index is 0. The molecule has 0 aromatic rings. The summed E-state index contributed by atoms with van der Waals surface area (Å²) in [5.41, 5.74) is 4.75. The molecule has 0 fully saturated rings. The topological polar surface area (TPSA) is 0 Å². The molecule has 2 aliphatic carbocycles. The van der Waals surface area contributed by atoms with E-state index in [1.807, 2.05) is 12.2 Å². The van der Waals surface area contributed by atoms with E-state index in [1.54, 1.807) is 11.1 Å². The molecule has 4 heteroatoms. The van der Waals surface area contributed by atoms with Crippen LogP contribution in [0.4, 0.5) is 0 Å². The Morgan fingerprint density at radius 3 is 1.92 bits per heavy atom. The number of allylic oxidation sites excluding steroid dienone is 8. The summed E-state index contributed by atoms with van der Waals surface area (Å²) >= 11 is 2.27. The Kier molecular flexibility index (Phi) is 22.3. The molecule has 0 spiro atoms. The molecule has 136 valence electrons. The SMILES string of the molecule is CCC1=[C-]C(CC)C(CC)=C1CC.C[Si](C)=[Ti+2].Cl.Cl.[C-]1=CC=CC1. The standard InChI is InChI=1S/C13H21.C5H5.C2H6Si.2ClH.Ti/c1-5-10-9-11(6-2)13(8-4)12(10)7-3;1-2-4-5-3-1;1-3-2;;;/h10H,5-8H2,1-4H3;1-3H,4H2;1-2H3;2*1H;/q2*-1;;;;+2. The van der Waals surface area contributed by atoms with Crippen LogP contribution in [0.2, 0.25) is 13.1 Å². The Hall–Kier alpha value is 0.471. The van der Waals surface area contributed by atoms with Crippen molar-refractivity contribution in [3.63, 3.8) is 0 Å². The average Bonchev–Trinajstić information content (AvgIpc) is 3.16. The van der Waals surface area contributed by atoms with Crippen LogP contribution in [0.1, 0.15) is 59.8 Å². The Morgan fingerprint density at radius 1 is 1.08 bits per heavy atom. The van der Waals surface area contributed by atoms with Gasteiger partial charge in [0.2, 0.25) is 0 Å². The molecule has 0 aliphatic heterocycles. The van der Waals surface area contributed by atoms with Crippen LogP contribution in [-0.4, -0.2) is 6.19 Å². The smallest absolute Gasteiger partial charge is 0.109 e. The summed E-state index contributed by atoms with van der Waals surface area (Å²) in [5.74, 6) is 0.634. The summed E-state index contributed by atoms with van der Waals surface area (Å²) in [7, 11) is 0. The van der Waals surface area contributed by atoms with Crippen molar-refractivity contribution in [1.29, 1.82) is 0 Å². The molecule has 1 atom stereocenters. The number of halogens is 2. The molecule has 0 saturated heterocycles.